The number of aliphatic imine (C=N–C) groups is 2. The second-order valence-electron chi connectivity index (χ2n) is 10.2. The number of carbonyl (C=O) groups excluding carboxylic acids is 2. The van der Waals surface area contributed by atoms with Gasteiger partial charge >= 0.3 is 12.4 Å². The van der Waals surface area contributed by atoms with Crippen LogP contribution in [0.2, 0.25) is 0 Å². The zero-order valence-electron chi connectivity index (χ0n) is 25.1. The lowest BCUT2D eigenvalue weighted by atomic mass is 10.0. The van der Waals surface area contributed by atoms with Crippen LogP contribution < -0.4 is 34.9 Å². The van der Waals surface area contributed by atoms with Gasteiger partial charge in [0.25, 0.3) is 0 Å². The molecular weight excluding hydrogens is 625 g/mol. The minimum atomic E-state index is -4.77. The van der Waals surface area contributed by atoms with Gasteiger partial charge in [0, 0.05) is 6.07 Å². The van der Waals surface area contributed by atoms with Crippen molar-refractivity contribution in [2.45, 2.75) is 39.2 Å². The van der Waals surface area contributed by atoms with Crippen LogP contribution in [-0.4, -0.2) is 55.4 Å². The maximum absolute atomic E-state index is 13.0. The summed E-state index contributed by atoms with van der Waals surface area (Å²) in [6.45, 7) is 4.13. The zero-order valence-corrected chi connectivity index (χ0v) is 25.9. The molecule has 0 spiro atoms. The molecule has 2 aliphatic rings. The van der Waals surface area contributed by atoms with Crippen molar-refractivity contribution in [1.29, 1.82) is 0 Å². The first-order valence-corrected chi connectivity index (χ1v) is 15.2. The quantitative estimate of drug-likeness (QED) is 0.262. The smallest absolute Gasteiger partial charge is 0.494 e. The van der Waals surface area contributed by atoms with Crippen LogP contribution in [-0.2, 0) is 11.2 Å². The van der Waals surface area contributed by atoms with Crippen molar-refractivity contribution < 1.29 is 37.0 Å². The van der Waals surface area contributed by atoms with Crippen LogP contribution in [0.15, 0.2) is 70.6 Å². The molecule has 0 aliphatic carbocycles. The summed E-state index contributed by atoms with van der Waals surface area (Å²) in [6.07, 6.45) is -2.06. The Balaban J connectivity index is 1.19. The average molecular weight is 657 g/mol. The molecule has 11 nitrogen and oxygen atoms in total. The normalized spacial score (nSPS) is 17.1. The Bertz CT molecular complexity index is 1650. The van der Waals surface area contributed by atoms with Gasteiger partial charge < -0.3 is 19.5 Å². The number of thioether (sulfide) groups is 1. The molecule has 1 unspecified atom stereocenters. The summed E-state index contributed by atoms with van der Waals surface area (Å²) >= 11 is 1.20. The van der Waals surface area contributed by atoms with E-state index in [1.165, 1.54) is 54.4 Å². The maximum atomic E-state index is 13.0. The van der Waals surface area contributed by atoms with Gasteiger partial charge in [-0.1, -0.05) is 37.2 Å². The number of methoxy groups -OCH3 is 1. The lowest BCUT2D eigenvalue weighted by Crippen LogP contribution is -2.39. The molecule has 15 heteroatoms. The Labute approximate surface area is 267 Å². The van der Waals surface area contributed by atoms with Gasteiger partial charge in [-0.25, -0.2) is 15.2 Å². The predicted octanol–water partition coefficient (Wildman–Crippen LogP) is 6.28. The van der Waals surface area contributed by atoms with Crippen molar-refractivity contribution in [2.24, 2.45) is 9.98 Å². The fraction of sp³-hybridized carbons (Fsp3) is 0.290. The van der Waals surface area contributed by atoms with Crippen molar-refractivity contribution >= 4 is 52.3 Å². The molecule has 2 aliphatic heterocycles. The van der Waals surface area contributed by atoms with Crippen LogP contribution in [0.4, 0.5) is 35.0 Å². The van der Waals surface area contributed by atoms with Gasteiger partial charge in [-0.15, -0.1) is 13.2 Å². The lowest BCUT2D eigenvalue weighted by molar-refractivity contribution is -0.274. The SMILES string of the molecule is CCCc1ccc(C)cc1N1C(=O)CSC1=NC(=O)Nc1ccc(OCC2N=CN(c3ccc(OC(F)(F)F)cc3)N2)cc1OC. The topological polar surface area (TPSA) is 117 Å². The highest BCUT2D eigenvalue weighted by Gasteiger charge is 2.32. The molecule has 3 amide bonds. The van der Waals surface area contributed by atoms with E-state index in [1.807, 2.05) is 25.1 Å². The molecule has 2 N–H and O–H groups in total. The molecule has 1 saturated heterocycles. The van der Waals surface area contributed by atoms with E-state index in [0.717, 1.165) is 29.7 Å². The van der Waals surface area contributed by atoms with Crippen LogP contribution in [0.5, 0.6) is 17.2 Å². The number of nitrogens with one attached hydrogen (secondary N) is 2. The van der Waals surface area contributed by atoms with Crippen LogP contribution in [0, 0.1) is 6.92 Å². The van der Waals surface area contributed by atoms with Gasteiger partial charge in [0.2, 0.25) is 5.91 Å². The van der Waals surface area contributed by atoms with E-state index in [1.54, 1.807) is 23.2 Å². The Morgan fingerprint density at radius 3 is 2.61 bits per heavy atom. The molecule has 0 bridgehead atoms. The largest absolute Gasteiger partial charge is 0.573 e. The lowest BCUT2D eigenvalue weighted by Gasteiger charge is -2.20. The molecule has 0 saturated carbocycles. The Morgan fingerprint density at radius 1 is 1.13 bits per heavy atom. The number of ether oxygens (including phenoxy) is 3. The standard InChI is InChI=1S/C31H31F3N6O5S/c1-4-5-20-7-6-19(2)14-25(20)40-28(41)17-46-30(40)37-29(42)36-24-13-12-23(15-26(24)43-3)44-16-27-35-18-39(38-27)21-8-10-22(11-9-21)45-31(32,33)34/h6-15,18,27,38H,4-5,16-17H2,1-3H3,(H,36,42). The number of rotatable bonds is 10. The number of hydrazine groups is 1. The molecule has 1 atom stereocenters. The number of amidine groups is 1. The number of halogens is 3. The van der Waals surface area contributed by atoms with Crippen LogP contribution in [0.25, 0.3) is 0 Å². The minimum Gasteiger partial charge on any atom is -0.494 e. The van der Waals surface area contributed by atoms with Crippen molar-refractivity contribution in [2.75, 3.05) is 34.7 Å². The minimum absolute atomic E-state index is 0.116. The molecular formula is C31H31F3N6O5S. The van der Waals surface area contributed by atoms with E-state index in [9.17, 15) is 22.8 Å². The predicted molar refractivity (Wildman–Crippen MR) is 171 cm³/mol. The highest BCUT2D eigenvalue weighted by Crippen LogP contribution is 2.33. The third kappa shape index (κ3) is 8.09. The van der Waals surface area contributed by atoms with Crippen molar-refractivity contribution in [3.63, 3.8) is 0 Å². The van der Waals surface area contributed by atoms with Crippen molar-refractivity contribution in [1.82, 2.24) is 5.43 Å². The van der Waals surface area contributed by atoms with Crippen molar-refractivity contribution in [3.8, 4) is 17.2 Å². The average Bonchev–Trinajstić information content (AvgIpc) is 3.63. The Morgan fingerprint density at radius 2 is 1.89 bits per heavy atom. The van der Waals surface area contributed by atoms with Gasteiger partial charge in [0.1, 0.15) is 30.2 Å². The molecule has 0 aromatic heterocycles. The van der Waals surface area contributed by atoms with Crippen LogP contribution in [0.3, 0.4) is 0 Å². The number of benzene rings is 3. The highest BCUT2D eigenvalue weighted by molar-refractivity contribution is 8.15. The molecule has 242 valence electrons. The molecule has 1 fully saturated rings. The molecule has 0 radical (unpaired) electrons. The summed E-state index contributed by atoms with van der Waals surface area (Å²) in [5.74, 6) is 0.480. The van der Waals surface area contributed by atoms with E-state index in [0.29, 0.717) is 28.0 Å². The summed E-state index contributed by atoms with van der Waals surface area (Å²) in [5, 5.41) is 4.57. The second-order valence-corrected chi connectivity index (χ2v) is 11.2. The fourth-order valence-corrected chi connectivity index (χ4v) is 5.58. The first-order valence-electron chi connectivity index (χ1n) is 14.2. The number of nitrogens with zero attached hydrogens (tertiary/aromatic N) is 4. The Hall–Kier alpha value is -4.76. The first-order chi connectivity index (χ1) is 22.0. The third-order valence-electron chi connectivity index (χ3n) is 6.78. The van der Waals surface area contributed by atoms with Gasteiger partial charge in [0.05, 0.1) is 29.9 Å². The summed E-state index contributed by atoms with van der Waals surface area (Å²) < 4.78 is 52.5. The van der Waals surface area contributed by atoms with E-state index < -0.39 is 18.6 Å². The third-order valence-corrected chi connectivity index (χ3v) is 7.71. The summed E-state index contributed by atoms with van der Waals surface area (Å²) in [6, 6.07) is 15.4. The van der Waals surface area contributed by atoms with E-state index in [2.05, 4.69) is 32.4 Å². The molecule has 5 rings (SSSR count). The summed E-state index contributed by atoms with van der Waals surface area (Å²) in [4.78, 5) is 35.9. The number of alkyl halides is 3. The number of aryl methyl sites for hydroxylation is 2. The summed E-state index contributed by atoms with van der Waals surface area (Å²) in [5.41, 5.74) is 6.71. The van der Waals surface area contributed by atoms with Gasteiger partial charge in [-0.3, -0.25) is 14.7 Å². The number of hydrogen-bond acceptors (Lipinski definition) is 9. The van der Waals surface area contributed by atoms with Crippen molar-refractivity contribution in [3.05, 3.63) is 71.8 Å². The second kappa shape index (κ2) is 14.1. The number of amides is 3. The Kier molecular flexibility index (Phi) is 10.0. The van der Waals surface area contributed by atoms with Crippen LogP contribution >= 0.6 is 11.8 Å². The number of urea groups is 1. The molecule has 2 heterocycles. The molecule has 3 aromatic rings. The molecule has 46 heavy (non-hydrogen) atoms. The molecule has 3 aromatic carbocycles. The van der Waals surface area contributed by atoms with Gasteiger partial charge in [-0.2, -0.15) is 4.99 Å². The zero-order chi connectivity index (χ0) is 32.8. The van der Waals surface area contributed by atoms with Gasteiger partial charge in [0.15, 0.2) is 11.3 Å². The number of hydrogen-bond donors (Lipinski definition) is 2. The summed E-state index contributed by atoms with van der Waals surface area (Å²) in [7, 11) is 1.45. The number of carbonyl (C=O) groups is 2. The monoisotopic (exact) mass is 656 g/mol. The van der Waals surface area contributed by atoms with Crippen LogP contribution in [0.1, 0.15) is 24.5 Å². The fourth-order valence-electron chi connectivity index (χ4n) is 4.72. The van der Waals surface area contributed by atoms with E-state index in [4.69, 9.17) is 9.47 Å². The first kappa shape index (κ1) is 32.6. The van der Waals surface area contributed by atoms with E-state index in [-0.39, 0.29) is 24.0 Å². The maximum Gasteiger partial charge on any atom is 0.573 e. The number of anilines is 3. The highest BCUT2D eigenvalue weighted by atomic mass is 32.2. The van der Waals surface area contributed by atoms with E-state index >= 15 is 0 Å². The van der Waals surface area contributed by atoms with Gasteiger partial charge in [-0.05, 0) is 66.9 Å².